The van der Waals surface area contributed by atoms with Gasteiger partial charge < -0.3 is 10.1 Å². The van der Waals surface area contributed by atoms with Gasteiger partial charge in [0.2, 0.25) is 0 Å². The van der Waals surface area contributed by atoms with Crippen molar-refractivity contribution in [2.75, 3.05) is 11.9 Å². The second kappa shape index (κ2) is 9.42. The van der Waals surface area contributed by atoms with Gasteiger partial charge in [0.15, 0.2) is 18.1 Å². The van der Waals surface area contributed by atoms with E-state index in [0.717, 1.165) is 10.2 Å². The first kappa shape index (κ1) is 20.7. The molecule has 152 valence electrons. The molecule has 1 heterocycles. The molecule has 0 fully saturated rings. The van der Waals surface area contributed by atoms with Gasteiger partial charge in [-0.1, -0.05) is 42.5 Å². The van der Waals surface area contributed by atoms with Crippen molar-refractivity contribution >= 4 is 23.3 Å². The SMILES string of the molecule is CC(=O)c1ccccc1NC(=O)COC(=O)c1ccc(=O)n(Cc2ccccc2)n1. The molecule has 8 heteroatoms. The van der Waals surface area contributed by atoms with Crippen LogP contribution in [0.5, 0.6) is 0 Å². The Bertz CT molecular complexity index is 1140. The van der Waals surface area contributed by atoms with Crippen LogP contribution in [0.3, 0.4) is 0 Å². The molecular formula is C22H19N3O5. The summed E-state index contributed by atoms with van der Waals surface area (Å²) in [6.45, 7) is 1.02. The van der Waals surface area contributed by atoms with Gasteiger partial charge in [-0.25, -0.2) is 9.48 Å². The van der Waals surface area contributed by atoms with E-state index in [9.17, 15) is 19.2 Å². The Balaban J connectivity index is 1.64. The quantitative estimate of drug-likeness (QED) is 0.477. The van der Waals surface area contributed by atoms with Crippen molar-refractivity contribution in [2.24, 2.45) is 0 Å². The summed E-state index contributed by atoms with van der Waals surface area (Å²) in [4.78, 5) is 48.0. The van der Waals surface area contributed by atoms with E-state index in [1.807, 2.05) is 30.3 Å². The number of nitrogens with zero attached hydrogens (tertiary/aromatic N) is 2. The summed E-state index contributed by atoms with van der Waals surface area (Å²) in [5, 5.41) is 6.56. The number of esters is 1. The van der Waals surface area contributed by atoms with Crippen LogP contribution in [0.25, 0.3) is 0 Å². The first-order valence-electron chi connectivity index (χ1n) is 9.13. The summed E-state index contributed by atoms with van der Waals surface area (Å²) < 4.78 is 6.14. The maximum absolute atomic E-state index is 12.3. The zero-order valence-corrected chi connectivity index (χ0v) is 16.2. The predicted molar refractivity (Wildman–Crippen MR) is 109 cm³/mol. The fourth-order valence-corrected chi connectivity index (χ4v) is 2.72. The summed E-state index contributed by atoms with van der Waals surface area (Å²) in [6.07, 6.45) is 0. The third kappa shape index (κ3) is 5.26. The summed E-state index contributed by atoms with van der Waals surface area (Å²) in [5.74, 6) is -1.64. The number of aromatic nitrogens is 2. The smallest absolute Gasteiger partial charge is 0.359 e. The molecular weight excluding hydrogens is 386 g/mol. The minimum Gasteiger partial charge on any atom is -0.451 e. The number of ether oxygens (including phenoxy) is 1. The van der Waals surface area contributed by atoms with Crippen LogP contribution in [0.2, 0.25) is 0 Å². The molecule has 1 N–H and O–H groups in total. The van der Waals surface area contributed by atoms with Crippen LogP contribution in [0, 0.1) is 0 Å². The Kier molecular flexibility index (Phi) is 6.49. The number of para-hydroxylation sites is 1. The number of ketones is 1. The van der Waals surface area contributed by atoms with Gasteiger partial charge in [-0.2, -0.15) is 5.10 Å². The van der Waals surface area contributed by atoms with Crippen molar-refractivity contribution in [2.45, 2.75) is 13.5 Å². The van der Waals surface area contributed by atoms with E-state index in [2.05, 4.69) is 10.4 Å². The highest BCUT2D eigenvalue weighted by Gasteiger charge is 2.15. The number of carbonyl (C=O) groups excluding carboxylic acids is 3. The van der Waals surface area contributed by atoms with Crippen LogP contribution in [0.4, 0.5) is 5.69 Å². The molecule has 0 saturated heterocycles. The molecule has 1 amide bonds. The lowest BCUT2D eigenvalue weighted by Crippen LogP contribution is -2.27. The van der Waals surface area contributed by atoms with Crippen molar-refractivity contribution in [1.29, 1.82) is 0 Å². The normalized spacial score (nSPS) is 10.3. The fourth-order valence-electron chi connectivity index (χ4n) is 2.72. The Labute approximate surface area is 172 Å². The molecule has 3 aromatic rings. The van der Waals surface area contributed by atoms with E-state index in [4.69, 9.17) is 4.74 Å². The molecule has 3 rings (SSSR count). The molecule has 0 aliphatic heterocycles. The fraction of sp³-hybridized carbons (Fsp3) is 0.136. The number of Topliss-reactive ketones (excluding diaryl/α,β-unsaturated/α-hetero) is 1. The van der Waals surface area contributed by atoms with Crippen LogP contribution in [0.1, 0.15) is 33.3 Å². The van der Waals surface area contributed by atoms with Gasteiger partial charge in [0.25, 0.3) is 11.5 Å². The van der Waals surface area contributed by atoms with Crippen molar-refractivity contribution in [3.63, 3.8) is 0 Å². The lowest BCUT2D eigenvalue weighted by molar-refractivity contribution is -0.119. The topological polar surface area (TPSA) is 107 Å². The zero-order valence-electron chi connectivity index (χ0n) is 16.2. The lowest BCUT2D eigenvalue weighted by Gasteiger charge is -2.10. The highest BCUT2D eigenvalue weighted by Crippen LogP contribution is 2.15. The molecule has 0 aliphatic rings. The van der Waals surface area contributed by atoms with E-state index in [1.165, 1.54) is 19.1 Å². The number of anilines is 1. The van der Waals surface area contributed by atoms with Crippen molar-refractivity contribution in [1.82, 2.24) is 9.78 Å². The van der Waals surface area contributed by atoms with Crippen LogP contribution in [-0.4, -0.2) is 34.0 Å². The van der Waals surface area contributed by atoms with Crippen molar-refractivity contribution in [3.05, 3.63) is 93.9 Å². The molecule has 30 heavy (non-hydrogen) atoms. The summed E-state index contributed by atoms with van der Waals surface area (Å²) >= 11 is 0. The molecule has 1 aromatic heterocycles. The average Bonchev–Trinajstić information content (AvgIpc) is 2.74. The number of amides is 1. The molecule has 8 nitrogen and oxygen atoms in total. The van der Waals surface area contributed by atoms with Gasteiger partial charge in [-0.15, -0.1) is 0 Å². The van der Waals surface area contributed by atoms with E-state index in [-0.39, 0.29) is 23.6 Å². The Morgan fingerprint density at radius 1 is 0.967 bits per heavy atom. The van der Waals surface area contributed by atoms with E-state index in [0.29, 0.717) is 11.3 Å². The minimum atomic E-state index is -0.841. The third-order valence-electron chi connectivity index (χ3n) is 4.17. The van der Waals surface area contributed by atoms with E-state index in [1.54, 1.807) is 24.3 Å². The Morgan fingerprint density at radius 3 is 2.40 bits per heavy atom. The number of benzene rings is 2. The Hall–Kier alpha value is -4.07. The van der Waals surface area contributed by atoms with Crippen LogP contribution in [0.15, 0.2) is 71.5 Å². The second-order valence-corrected chi connectivity index (χ2v) is 6.43. The van der Waals surface area contributed by atoms with E-state index >= 15 is 0 Å². The van der Waals surface area contributed by atoms with Gasteiger partial charge >= 0.3 is 5.97 Å². The molecule has 2 aromatic carbocycles. The molecule has 0 bridgehead atoms. The summed E-state index contributed by atoms with van der Waals surface area (Å²) in [5.41, 5.74) is 1.07. The molecule has 0 radical (unpaired) electrons. The van der Waals surface area contributed by atoms with Crippen LogP contribution >= 0.6 is 0 Å². The maximum Gasteiger partial charge on any atom is 0.359 e. The van der Waals surface area contributed by atoms with Gasteiger partial charge in [0, 0.05) is 11.6 Å². The first-order valence-corrected chi connectivity index (χ1v) is 9.13. The van der Waals surface area contributed by atoms with Gasteiger partial charge in [-0.3, -0.25) is 14.4 Å². The molecule has 0 atom stereocenters. The lowest BCUT2D eigenvalue weighted by atomic mass is 10.1. The van der Waals surface area contributed by atoms with Crippen LogP contribution in [-0.2, 0) is 16.1 Å². The number of nitrogens with one attached hydrogen (secondary N) is 1. The molecule has 0 spiro atoms. The molecule has 0 unspecified atom stereocenters. The third-order valence-corrected chi connectivity index (χ3v) is 4.17. The standard InChI is InChI=1S/C22H19N3O5/c1-15(26)17-9-5-6-10-18(17)23-20(27)14-30-22(29)19-11-12-21(28)25(24-19)13-16-7-3-2-4-8-16/h2-12H,13-14H2,1H3,(H,23,27). The number of carbonyl (C=O) groups is 3. The summed E-state index contributed by atoms with van der Waals surface area (Å²) in [7, 11) is 0. The Morgan fingerprint density at radius 2 is 1.67 bits per heavy atom. The van der Waals surface area contributed by atoms with Crippen molar-refractivity contribution in [3.8, 4) is 0 Å². The second-order valence-electron chi connectivity index (χ2n) is 6.43. The van der Waals surface area contributed by atoms with Gasteiger partial charge in [-0.05, 0) is 30.7 Å². The van der Waals surface area contributed by atoms with Crippen LogP contribution < -0.4 is 10.9 Å². The predicted octanol–water partition coefficient (Wildman–Crippen LogP) is 2.29. The minimum absolute atomic E-state index is 0.0949. The number of hydrogen-bond acceptors (Lipinski definition) is 6. The molecule has 0 aliphatic carbocycles. The largest absolute Gasteiger partial charge is 0.451 e. The maximum atomic E-state index is 12.3. The number of hydrogen-bond donors (Lipinski definition) is 1. The van der Waals surface area contributed by atoms with Gasteiger partial charge in [0.1, 0.15) is 0 Å². The van der Waals surface area contributed by atoms with E-state index < -0.39 is 18.5 Å². The summed E-state index contributed by atoms with van der Waals surface area (Å²) in [6, 6.07) is 18.2. The first-order chi connectivity index (χ1) is 14.4. The monoisotopic (exact) mass is 405 g/mol. The highest BCUT2D eigenvalue weighted by molar-refractivity contribution is 6.04. The van der Waals surface area contributed by atoms with Crippen molar-refractivity contribution < 1.29 is 19.1 Å². The average molecular weight is 405 g/mol. The van der Waals surface area contributed by atoms with Gasteiger partial charge in [0.05, 0.1) is 12.2 Å². The zero-order chi connectivity index (χ0) is 21.5. The number of rotatable bonds is 7. The molecule has 0 saturated carbocycles. The highest BCUT2D eigenvalue weighted by atomic mass is 16.5.